The largest absolute Gasteiger partial charge is 0.366 e. The van der Waals surface area contributed by atoms with E-state index in [1.165, 1.54) is 17.4 Å². The molecule has 2 amide bonds. The van der Waals surface area contributed by atoms with Crippen molar-refractivity contribution in [3.63, 3.8) is 0 Å². The molecule has 0 unspecified atom stereocenters. The molecular weight excluding hydrogens is 474 g/mol. The summed E-state index contributed by atoms with van der Waals surface area (Å²) in [5.41, 5.74) is 7.56. The van der Waals surface area contributed by atoms with E-state index >= 15 is 0 Å². The summed E-state index contributed by atoms with van der Waals surface area (Å²) in [5, 5.41) is 17.7. The first-order chi connectivity index (χ1) is 16.2. The number of nitro benzene ring substituents is 1. The van der Waals surface area contributed by atoms with Gasteiger partial charge in [0.1, 0.15) is 10.7 Å². The van der Waals surface area contributed by atoms with Crippen molar-refractivity contribution in [1.82, 2.24) is 5.32 Å². The molecule has 1 fully saturated rings. The molecule has 0 radical (unpaired) electrons. The number of thiophene rings is 1. The summed E-state index contributed by atoms with van der Waals surface area (Å²) in [5.74, 6) is -0.580. The summed E-state index contributed by atoms with van der Waals surface area (Å²) in [4.78, 5) is 39.2. The summed E-state index contributed by atoms with van der Waals surface area (Å²) in [7, 11) is 0. The van der Waals surface area contributed by atoms with E-state index in [9.17, 15) is 19.7 Å². The smallest absolute Gasteiger partial charge is 0.293 e. The zero-order chi connectivity index (χ0) is 24.4. The van der Waals surface area contributed by atoms with Gasteiger partial charge in [0, 0.05) is 29.6 Å². The number of nitro groups is 1. The molecule has 11 heteroatoms. The van der Waals surface area contributed by atoms with Crippen molar-refractivity contribution in [2.45, 2.75) is 45.4 Å². The van der Waals surface area contributed by atoms with Gasteiger partial charge in [-0.1, -0.05) is 6.92 Å². The highest BCUT2D eigenvalue weighted by Gasteiger charge is 2.27. The number of nitrogens with two attached hydrogens (primary N) is 1. The number of fused-ring (bicyclic) bond motifs is 1. The summed E-state index contributed by atoms with van der Waals surface area (Å²) in [6.45, 7) is 3.68. The molecule has 2 aromatic rings. The minimum Gasteiger partial charge on any atom is -0.366 e. The minimum absolute atomic E-state index is 0.00176. The van der Waals surface area contributed by atoms with Crippen molar-refractivity contribution in [1.29, 1.82) is 0 Å². The number of benzene rings is 1. The van der Waals surface area contributed by atoms with Crippen LogP contribution in [0.5, 0.6) is 0 Å². The third-order valence-corrected chi connectivity index (χ3v) is 7.72. The molecule has 1 aliphatic heterocycles. The normalized spacial score (nSPS) is 17.6. The number of thiocarbonyl (C=S) groups is 1. The van der Waals surface area contributed by atoms with Crippen LogP contribution in [0.3, 0.4) is 0 Å². The van der Waals surface area contributed by atoms with Gasteiger partial charge in [-0.25, -0.2) is 0 Å². The van der Waals surface area contributed by atoms with E-state index < -0.39 is 16.7 Å². The summed E-state index contributed by atoms with van der Waals surface area (Å²) >= 11 is 6.73. The molecule has 2 heterocycles. The number of amides is 2. The zero-order valence-electron chi connectivity index (χ0n) is 18.9. The first-order valence-electron chi connectivity index (χ1n) is 11.3. The third-order valence-electron chi connectivity index (χ3n) is 6.34. The molecule has 1 saturated heterocycles. The molecule has 180 valence electrons. The van der Waals surface area contributed by atoms with E-state index in [2.05, 4.69) is 17.6 Å². The molecule has 1 aromatic heterocycles. The first-order valence-corrected chi connectivity index (χ1v) is 12.6. The molecule has 34 heavy (non-hydrogen) atoms. The van der Waals surface area contributed by atoms with Gasteiger partial charge in [-0.3, -0.25) is 25.0 Å². The number of anilines is 2. The molecule has 4 N–H and O–H groups in total. The van der Waals surface area contributed by atoms with E-state index in [0.29, 0.717) is 22.2 Å². The average molecular weight is 502 g/mol. The van der Waals surface area contributed by atoms with Gasteiger partial charge in [-0.15, -0.1) is 11.3 Å². The minimum atomic E-state index is -0.568. The van der Waals surface area contributed by atoms with Crippen LogP contribution in [-0.4, -0.2) is 34.9 Å². The Hall–Kier alpha value is -3.05. The molecule has 0 saturated carbocycles. The topological polar surface area (TPSA) is 131 Å². The van der Waals surface area contributed by atoms with Crippen LogP contribution in [-0.2, 0) is 12.8 Å². The van der Waals surface area contributed by atoms with Crippen molar-refractivity contribution >= 4 is 56.9 Å². The Balaban J connectivity index is 1.50. The highest BCUT2D eigenvalue weighted by atomic mass is 32.1. The summed E-state index contributed by atoms with van der Waals surface area (Å²) in [6.07, 6.45) is 5.71. The zero-order valence-corrected chi connectivity index (χ0v) is 20.5. The van der Waals surface area contributed by atoms with Crippen molar-refractivity contribution in [2.24, 2.45) is 11.7 Å². The Morgan fingerprint density at radius 3 is 2.68 bits per heavy atom. The molecule has 1 aromatic carbocycles. The van der Waals surface area contributed by atoms with Crippen LogP contribution in [0.1, 0.15) is 63.8 Å². The van der Waals surface area contributed by atoms with Crippen LogP contribution in [0.4, 0.5) is 16.4 Å². The molecular formula is C23H27N5O4S2. The summed E-state index contributed by atoms with van der Waals surface area (Å²) in [6, 6.07) is 4.46. The van der Waals surface area contributed by atoms with E-state index in [-0.39, 0.29) is 16.4 Å². The number of piperidine rings is 1. The Morgan fingerprint density at radius 1 is 1.26 bits per heavy atom. The standard InChI is InChI=1S/C23H27N5O4S2/c1-13-5-7-15-18(11-13)34-22(19(15)20(24)29)26-23(33)25-21(30)14-6-8-16(17(12-14)28(31)32)27-9-3-2-4-10-27/h6,8,12-13H,2-5,7,9-11H2,1H3,(H2,24,29)(H2,25,26,30,33)/t13-/m0/s1. The van der Waals surface area contributed by atoms with E-state index in [4.69, 9.17) is 18.0 Å². The van der Waals surface area contributed by atoms with Gasteiger partial charge in [-0.05, 0) is 74.4 Å². The van der Waals surface area contributed by atoms with Gasteiger partial charge in [0.05, 0.1) is 10.5 Å². The van der Waals surface area contributed by atoms with Gasteiger partial charge < -0.3 is 16.0 Å². The monoisotopic (exact) mass is 501 g/mol. The lowest BCUT2D eigenvalue weighted by Crippen LogP contribution is -2.34. The SMILES string of the molecule is C[C@H]1CCc2c(sc(NC(=S)NC(=O)c3ccc(N4CCCCC4)c([N+](=O)[O-])c3)c2C(N)=O)C1. The lowest BCUT2D eigenvalue weighted by molar-refractivity contribution is -0.384. The maximum atomic E-state index is 12.8. The van der Waals surface area contributed by atoms with Crippen LogP contribution in [0.2, 0.25) is 0 Å². The first kappa shape index (κ1) is 24.1. The number of primary amides is 1. The number of hydrogen-bond acceptors (Lipinski definition) is 7. The van der Waals surface area contributed by atoms with E-state index in [1.54, 1.807) is 12.1 Å². The number of carbonyl (C=O) groups excluding carboxylic acids is 2. The molecule has 2 aliphatic rings. The quantitative estimate of drug-likeness (QED) is 0.321. The number of nitrogens with zero attached hydrogens (tertiary/aromatic N) is 2. The van der Waals surface area contributed by atoms with Crippen LogP contribution < -0.4 is 21.3 Å². The highest BCUT2D eigenvalue weighted by molar-refractivity contribution is 7.80. The lowest BCUT2D eigenvalue weighted by Gasteiger charge is -2.28. The summed E-state index contributed by atoms with van der Waals surface area (Å²) < 4.78 is 0. The van der Waals surface area contributed by atoms with Gasteiger partial charge in [-0.2, -0.15) is 0 Å². The van der Waals surface area contributed by atoms with E-state index in [1.807, 2.05) is 4.90 Å². The number of hydrogen-bond donors (Lipinski definition) is 3. The van der Waals surface area contributed by atoms with Crippen molar-refractivity contribution in [2.75, 3.05) is 23.3 Å². The van der Waals surface area contributed by atoms with Crippen LogP contribution in [0.25, 0.3) is 0 Å². The third kappa shape index (κ3) is 5.05. The number of carbonyl (C=O) groups is 2. The van der Waals surface area contributed by atoms with Gasteiger partial charge >= 0.3 is 0 Å². The van der Waals surface area contributed by atoms with Crippen molar-refractivity contribution in [3.8, 4) is 0 Å². The second-order valence-electron chi connectivity index (χ2n) is 8.84. The Bertz CT molecular complexity index is 1160. The molecule has 0 spiro atoms. The fourth-order valence-corrected chi connectivity index (χ4v) is 6.30. The molecule has 0 bridgehead atoms. The lowest BCUT2D eigenvalue weighted by atomic mass is 9.88. The van der Waals surface area contributed by atoms with E-state index in [0.717, 1.165) is 62.1 Å². The molecule has 1 atom stereocenters. The van der Waals surface area contributed by atoms with Gasteiger partial charge in [0.25, 0.3) is 17.5 Å². The Labute approximate surface area is 206 Å². The average Bonchev–Trinajstić information content (AvgIpc) is 3.15. The second-order valence-corrected chi connectivity index (χ2v) is 10.4. The number of rotatable bonds is 5. The Morgan fingerprint density at radius 2 is 2.00 bits per heavy atom. The fourth-order valence-electron chi connectivity index (χ4n) is 4.62. The molecule has 1 aliphatic carbocycles. The molecule has 9 nitrogen and oxygen atoms in total. The Kier molecular flexibility index (Phi) is 7.13. The number of nitrogens with one attached hydrogen (secondary N) is 2. The predicted molar refractivity (Wildman–Crippen MR) is 137 cm³/mol. The fraction of sp³-hybridized carbons (Fsp3) is 0.435. The van der Waals surface area contributed by atoms with Crippen molar-refractivity contribution < 1.29 is 14.5 Å². The van der Waals surface area contributed by atoms with Crippen LogP contribution in [0, 0.1) is 16.0 Å². The highest BCUT2D eigenvalue weighted by Crippen LogP contribution is 2.39. The maximum absolute atomic E-state index is 12.8. The van der Waals surface area contributed by atoms with Gasteiger partial charge in [0.2, 0.25) is 0 Å². The maximum Gasteiger partial charge on any atom is 0.293 e. The van der Waals surface area contributed by atoms with Crippen LogP contribution in [0.15, 0.2) is 18.2 Å². The van der Waals surface area contributed by atoms with Gasteiger partial charge in [0.15, 0.2) is 5.11 Å². The second kappa shape index (κ2) is 10.1. The van der Waals surface area contributed by atoms with Crippen LogP contribution >= 0.6 is 23.6 Å². The predicted octanol–water partition coefficient (Wildman–Crippen LogP) is 4.00. The van der Waals surface area contributed by atoms with Crippen molar-refractivity contribution in [3.05, 3.63) is 49.9 Å². The molecule has 4 rings (SSSR count).